The lowest BCUT2D eigenvalue weighted by Crippen LogP contribution is -2.44. The van der Waals surface area contributed by atoms with Crippen molar-refractivity contribution in [2.24, 2.45) is 0 Å². The van der Waals surface area contributed by atoms with E-state index >= 15 is 0 Å². The molecule has 14 nitrogen and oxygen atoms in total. The quantitative estimate of drug-likeness (QED) is 0.0155. The maximum Gasteiger partial charge on any atom is 0.422 e. The number of alkyl halides is 6. The van der Waals surface area contributed by atoms with Gasteiger partial charge in [-0.25, -0.2) is 9.59 Å². The van der Waals surface area contributed by atoms with E-state index in [1.807, 2.05) is 0 Å². The molecule has 352 valence electrons. The topological polar surface area (TPSA) is 216 Å². The van der Waals surface area contributed by atoms with Crippen molar-refractivity contribution >= 4 is 47.0 Å². The van der Waals surface area contributed by atoms with Crippen molar-refractivity contribution in [2.75, 3.05) is 38.9 Å². The van der Waals surface area contributed by atoms with Crippen molar-refractivity contribution in [3.63, 3.8) is 0 Å². The van der Waals surface area contributed by atoms with Crippen molar-refractivity contribution in [1.29, 1.82) is 0 Å². The number of carbonyl (C=O) groups is 4. The Morgan fingerprint density at radius 2 is 1.00 bits per heavy atom. The zero-order valence-corrected chi connectivity index (χ0v) is 35.2. The fraction of sp³-hybridized carbons (Fsp3) is 0.191. The van der Waals surface area contributed by atoms with Gasteiger partial charge in [0.05, 0.1) is 31.3 Å². The van der Waals surface area contributed by atoms with Gasteiger partial charge in [-0.05, 0) is 120 Å². The zero-order chi connectivity index (χ0) is 49.1. The Balaban J connectivity index is 1.27. The minimum absolute atomic E-state index is 0.00561. The van der Waals surface area contributed by atoms with Crippen molar-refractivity contribution in [2.45, 2.75) is 30.5 Å². The number of esters is 2. The summed E-state index contributed by atoms with van der Waals surface area (Å²) >= 11 is 0. The number of carbonyl (C=O) groups excluding carboxylic acids is 4. The summed E-state index contributed by atoms with van der Waals surface area (Å²) in [7, 11) is 2.55. The molecule has 67 heavy (non-hydrogen) atoms. The summed E-state index contributed by atoms with van der Waals surface area (Å²) in [5.41, 5.74) is 12.8. The fourth-order valence-electron chi connectivity index (χ4n) is 6.09. The minimum atomic E-state index is -4.55. The summed E-state index contributed by atoms with van der Waals surface area (Å²) in [4.78, 5) is 52.5. The Morgan fingerprint density at radius 3 is 1.40 bits per heavy atom. The van der Waals surface area contributed by atoms with Crippen LogP contribution >= 0.6 is 0 Å². The molecule has 0 fully saturated rings. The SMILES string of the molecule is COc1cc(C=CC(=O)CC(c2cc(N)cc(N)c2)C(O)(O)C(=O)C=Cc2ccc(OC(=O)c3ccc(OCC(F)(F)F)cc3)c(OC)c2)ccc1OC(=O)c1ccc(OCC(F)(F)F)cc1. The average molecular weight is 939 g/mol. The van der Waals surface area contributed by atoms with Crippen LogP contribution in [0.15, 0.2) is 115 Å². The zero-order valence-electron chi connectivity index (χ0n) is 35.2. The van der Waals surface area contributed by atoms with Crippen LogP contribution in [0.25, 0.3) is 12.2 Å². The van der Waals surface area contributed by atoms with E-state index in [0.717, 1.165) is 24.3 Å². The van der Waals surface area contributed by atoms with Gasteiger partial charge in [0, 0.05) is 17.8 Å². The van der Waals surface area contributed by atoms with Gasteiger partial charge < -0.3 is 50.1 Å². The molecule has 1 atom stereocenters. The molecule has 0 saturated heterocycles. The molecule has 0 aliphatic carbocycles. The third-order valence-electron chi connectivity index (χ3n) is 9.31. The summed E-state index contributed by atoms with van der Waals surface area (Å²) in [5.74, 6) is -8.83. The smallest absolute Gasteiger partial charge is 0.422 e. The van der Waals surface area contributed by atoms with Gasteiger partial charge in [0.1, 0.15) is 11.5 Å². The van der Waals surface area contributed by atoms with E-state index in [1.165, 1.54) is 117 Å². The largest absolute Gasteiger partial charge is 0.493 e. The number of hydrogen-bond acceptors (Lipinski definition) is 14. The molecule has 0 heterocycles. The highest BCUT2D eigenvalue weighted by molar-refractivity contribution is 6.01. The second-order valence-corrected chi connectivity index (χ2v) is 14.4. The van der Waals surface area contributed by atoms with E-state index in [9.17, 15) is 55.7 Å². The Morgan fingerprint density at radius 1 is 0.582 bits per heavy atom. The number of ketones is 2. The number of nitrogen functional groups attached to an aromatic ring is 2. The molecule has 1 unspecified atom stereocenters. The van der Waals surface area contributed by atoms with E-state index < -0.39 is 67.2 Å². The van der Waals surface area contributed by atoms with Crippen LogP contribution in [-0.4, -0.2) is 79.3 Å². The molecular formula is C47H40F6N2O12. The van der Waals surface area contributed by atoms with Gasteiger partial charge in [-0.3, -0.25) is 9.59 Å². The predicted molar refractivity (Wildman–Crippen MR) is 230 cm³/mol. The number of allylic oxidation sites excluding steroid dienone is 1. The number of rotatable bonds is 19. The second-order valence-electron chi connectivity index (χ2n) is 14.4. The Kier molecular flexibility index (Phi) is 16.0. The van der Waals surface area contributed by atoms with Crippen molar-refractivity contribution in [3.8, 4) is 34.5 Å². The number of methoxy groups -OCH3 is 2. The van der Waals surface area contributed by atoms with Gasteiger partial charge in [0.25, 0.3) is 0 Å². The molecule has 0 radical (unpaired) electrons. The molecule has 0 aromatic heterocycles. The number of hydrogen-bond donors (Lipinski definition) is 4. The van der Waals surface area contributed by atoms with Gasteiger partial charge in [-0.1, -0.05) is 24.3 Å². The van der Waals surface area contributed by atoms with Crippen LogP contribution in [0.1, 0.15) is 49.7 Å². The Hall–Kier alpha value is -7.84. The first kappa shape index (κ1) is 50.2. The molecule has 0 spiro atoms. The van der Waals surface area contributed by atoms with Crippen molar-refractivity contribution in [3.05, 3.63) is 143 Å². The normalized spacial score (nSPS) is 12.4. The summed E-state index contributed by atoms with van der Waals surface area (Å²) in [6.07, 6.45) is -5.26. The Labute approximate surface area is 377 Å². The predicted octanol–water partition coefficient (Wildman–Crippen LogP) is 7.91. The molecular weight excluding hydrogens is 899 g/mol. The molecule has 5 aromatic rings. The van der Waals surface area contributed by atoms with Crippen LogP contribution < -0.4 is 39.9 Å². The van der Waals surface area contributed by atoms with Crippen LogP contribution in [0.5, 0.6) is 34.5 Å². The summed E-state index contributed by atoms with van der Waals surface area (Å²) in [5, 5.41) is 22.8. The molecule has 0 aliphatic heterocycles. The maximum atomic E-state index is 13.5. The Bertz CT molecular complexity index is 2630. The van der Waals surface area contributed by atoms with E-state index in [2.05, 4.69) is 9.47 Å². The first-order chi connectivity index (χ1) is 31.5. The molecule has 0 aliphatic rings. The molecule has 0 saturated carbocycles. The first-order valence-electron chi connectivity index (χ1n) is 19.5. The molecule has 5 rings (SSSR count). The third kappa shape index (κ3) is 14.6. The first-order valence-corrected chi connectivity index (χ1v) is 19.5. The van der Waals surface area contributed by atoms with E-state index in [0.29, 0.717) is 5.56 Å². The summed E-state index contributed by atoms with van der Waals surface area (Å²) < 4.78 is 106. The minimum Gasteiger partial charge on any atom is -0.493 e. The number of nitrogens with two attached hydrogens (primary N) is 2. The monoisotopic (exact) mass is 938 g/mol. The molecule has 0 amide bonds. The van der Waals surface area contributed by atoms with Gasteiger partial charge in [-0.2, -0.15) is 26.3 Å². The summed E-state index contributed by atoms with van der Waals surface area (Å²) in [6, 6.07) is 21.8. The van der Waals surface area contributed by atoms with Gasteiger partial charge >= 0.3 is 24.3 Å². The van der Waals surface area contributed by atoms with E-state index in [1.54, 1.807) is 0 Å². The van der Waals surface area contributed by atoms with E-state index in [-0.39, 0.29) is 68.1 Å². The number of anilines is 2. The lowest BCUT2D eigenvalue weighted by Gasteiger charge is -2.29. The molecule has 0 bridgehead atoms. The van der Waals surface area contributed by atoms with Crippen molar-refractivity contribution < 1.29 is 84.2 Å². The standard InChI is InChI=1S/C47H40F6N2O12/c1-62-40-19-27(4-16-38(40)66-43(58)29-7-12-35(13-8-29)64-25-45(48,49)50)3-11-34(56)24-37(31-21-32(54)23-33(55)22-31)47(60,61)42(57)18-6-28-5-17-39(41(20-28)63-2)67-44(59)30-9-14-36(15-10-30)65-26-46(51,52)53/h3-23,37,60-61H,24-26,54-55H2,1-2H3. The highest BCUT2D eigenvalue weighted by Crippen LogP contribution is 2.36. The van der Waals surface area contributed by atoms with Gasteiger partial charge in [0.2, 0.25) is 11.6 Å². The highest BCUT2D eigenvalue weighted by Gasteiger charge is 2.42. The van der Waals surface area contributed by atoms with Crippen LogP contribution in [0, 0.1) is 0 Å². The number of benzene rings is 5. The number of halogens is 6. The van der Waals surface area contributed by atoms with Gasteiger partial charge in [0.15, 0.2) is 42.0 Å². The van der Waals surface area contributed by atoms with Gasteiger partial charge in [-0.15, -0.1) is 0 Å². The number of ether oxygens (including phenoxy) is 6. The highest BCUT2D eigenvalue weighted by atomic mass is 19.4. The molecule has 6 N–H and O–H groups in total. The van der Waals surface area contributed by atoms with Crippen LogP contribution in [0.3, 0.4) is 0 Å². The lowest BCUT2D eigenvalue weighted by atomic mass is 9.83. The molecule has 5 aromatic carbocycles. The van der Waals surface area contributed by atoms with Crippen LogP contribution in [0.4, 0.5) is 37.7 Å². The molecule has 20 heteroatoms. The number of aliphatic hydroxyl groups is 2. The fourth-order valence-corrected chi connectivity index (χ4v) is 6.09. The maximum absolute atomic E-state index is 13.5. The van der Waals surface area contributed by atoms with Crippen LogP contribution in [0.2, 0.25) is 0 Å². The second kappa shape index (κ2) is 21.4. The summed E-state index contributed by atoms with van der Waals surface area (Å²) in [6.45, 7) is -3.03. The van der Waals surface area contributed by atoms with Crippen molar-refractivity contribution in [1.82, 2.24) is 0 Å². The lowest BCUT2D eigenvalue weighted by molar-refractivity contribution is -0.187. The van der Waals surface area contributed by atoms with E-state index in [4.69, 9.17) is 30.4 Å². The van der Waals surface area contributed by atoms with Crippen LogP contribution in [-0.2, 0) is 9.59 Å². The average Bonchev–Trinajstić information content (AvgIpc) is 3.27. The third-order valence-corrected chi connectivity index (χ3v) is 9.31.